The van der Waals surface area contributed by atoms with Crippen molar-refractivity contribution in [2.45, 2.75) is 32.0 Å². The van der Waals surface area contributed by atoms with Gasteiger partial charge in [0.1, 0.15) is 0 Å². The van der Waals surface area contributed by atoms with Crippen LogP contribution >= 0.6 is 0 Å². The summed E-state index contributed by atoms with van der Waals surface area (Å²) in [4.78, 5) is 14.9. The SMILES string of the molecule is CC(N)CCC(=O)Nc1ccc(-c2noc(C(F)(F)F)n2)cc1. The summed E-state index contributed by atoms with van der Waals surface area (Å²) in [5, 5.41) is 5.95. The van der Waals surface area contributed by atoms with Crippen LogP contribution in [0, 0.1) is 0 Å². The average molecular weight is 328 g/mol. The first-order valence-corrected chi connectivity index (χ1v) is 6.82. The van der Waals surface area contributed by atoms with Crippen LogP contribution in [0.4, 0.5) is 18.9 Å². The van der Waals surface area contributed by atoms with Crippen LogP contribution in [-0.2, 0) is 11.0 Å². The lowest BCUT2D eigenvalue weighted by Gasteiger charge is -2.07. The van der Waals surface area contributed by atoms with Gasteiger partial charge in [0.2, 0.25) is 11.7 Å². The topological polar surface area (TPSA) is 94.0 Å². The molecular weight excluding hydrogens is 313 g/mol. The number of hydrogen-bond acceptors (Lipinski definition) is 5. The van der Waals surface area contributed by atoms with E-state index in [1.165, 1.54) is 12.1 Å². The number of aromatic nitrogens is 2. The largest absolute Gasteiger partial charge is 0.471 e. The van der Waals surface area contributed by atoms with Crippen molar-refractivity contribution in [2.24, 2.45) is 5.73 Å². The molecule has 1 heterocycles. The van der Waals surface area contributed by atoms with E-state index in [0.29, 0.717) is 24.1 Å². The normalized spacial score (nSPS) is 12.9. The van der Waals surface area contributed by atoms with E-state index < -0.39 is 12.1 Å². The lowest BCUT2D eigenvalue weighted by atomic mass is 10.1. The number of hydrogen-bond donors (Lipinski definition) is 2. The van der Waals surface area contributed by atoms with Gasteiger partial charge in [-0.1, -0.05) is 5.16 Å². The van der Waals surface area contributed by atoms with E-state index in [-0.39, 0.29) is 17.8 Å². The van der Waals surface area contributed by atoms with Crippen LogP contribution in [0.25, 0.3) is 11.4 Å². The molecule has 1 unspecified atom stereocenters. The summed E-state index contributed by atoms with van der Waals surface area (Å²) >= 11 is 0. The van der Waals surface area contributed by atoms with Crippen molar-refractivity contribution in [1.29, 1.82) is 0 Å². The molecule has 9 heteroatoms. The molecule has 1 aromatic carbocycles. The van der Waals surface area contributed by atoms with E-state index >= 15 is 0 Å². The number of halogens is 3. The first kappa shape index (κ1) is 16.9. The molecule has 1 aromatic heterocycles. The molecule has 124 valence electrons. The predicted octanol–water partition coefficient (Wildman–Crippen LogP) is 2.82. The fourth-order valence-corrected chi connectivity index (χ4v) is 1.74. The first-order chi connectivity index (χ1) is 10.8. The first-order valence-electron chi connectivity index (χ1n) is 6.82. The molecule has 0 radical (unpaired) electrons. The van der Waals surface area contributed by atoms with Crippen molar-refractivity contribution < 1.29 is 22.5 Å². The van der Waals surface area contributed by atoms with E-state index in [2.05, 4.69) is 20.0 Å². The van der Waals surface area contributed by atoms with Gasteiger partial charge in [0.15, 0.2) is 0 Å². The Bertz CT molecular complexity index is 665. The summed E-state index contributed by atoms with van der Waals surface area (Å²) in [6.07, 6.45) is -3.83. The minimum Gasteiger partial charge on any atom is -0.329 e. The lowest BCUT2D eigenvalue weighted by Crippen LogP contribution is -2.19. The Morgan fingerprint density at radius 1 is 1.35 bits per heavy atom. The standard InChI is InChI=1S/C14H15F3N4O2/c1-8(18)2-7-11(22)19-10-5-3-9(4-6-10)12-20-13(23-21-12)14(15,16)17/h3-6,8H,2,7,18H2,1H3,(H,19,22). The van der Waals surface area contributed by atoms with Crippen molar-refractivity contribution >= 4 is 11.6 Å². The summed E-state index contributed by atoms with van der Waals surface area (Å²) < 4.78 is 41.4. The van der Waals surface area contributed by atoms with Gasteiger partial charge in [-0.3, -0.25) is 4.79 Å². The Hall–Kier alpha value is -2.42. The van der Waals surface area contributed by atoms with Gasteiger partial charge in [-0.15, -0.1) is 0 Å². The van der Waals surface area contributed by atoms with Crippen LogP contribution in [0.5, 0.6) is 0 Å². The average Bonchev–Trinajstić information content (AvgIpc) is 2.96. The monoisotopic (exact) mass is 328 g/mol. The maximum Gasteiger partial charge on any atom is 0.471 e. The van der Waals surface area contributed by atoms with Crippen molar-refractivity contribution in [1.82, 2.24) is 10.1 Å². The molecule has 1 atom stereocenters. The highest BCUT2D eigenvalue weighted by molar-refractivity contribution is 5.90. The van der Waals surface area contributed by atoms with E-state index in [1.807, 2.05) is 6.92 Å². The van der Waals surface area contributed by atoms with Gasteiger partial charge >= 0.3 is 12.1 Å². The van der Waals surface area contributed by atoms with E-state index in [9.17, 15) is 18.0 Å². The summed E-state index contributed by atoms with van der Waals surface area (Å²) in [6, 6.07) is 6.01. The quantitative estimate of drug-likeness (QED) is 0.880. The molecule has 0 bridgehead atoms. The molecule has 1 amide bonds. The summed E-state index contributed by atoms with van der Waals surface area (Å²) in [5.74, 6) is -1.76. The van der Waals surface area contributed by atoms with Crippen LogP contribution in [0.15, 0.2) is 28.8 Å². The molecule has 0 aliphatic carbocycles. The number of nitrogens with one attached hydrogen (secondary N) is 1. The van der Waals surface area contributed by atoms with Crippen LogP contribution in [0.1, 0.15) is 25.7 Å². The number of amides is 1. The Balaban J connectivity index is 2.02. The summed E-state index contributed by atoms with van der Waals surface area (Å²) in [6.45, 7) is 1.81. The van der Waals surface area contributed by atoms with Gasteiger partial charge < -0.3 is 15.6 Å². The third-order valence-corrected chi connectivity index (χ3v) is 2.92. The zero-order chi connectivity index (χ0) is 17.0. The van der Waals surface area contributed by atoms with Gasteiger partial charge in [-0.05, 0) is 37.6 Å². The van der Waals surface area contributed by atoms with Gasteiger partial charge in [0.05, 0.1) is 0 Å². The maximum absolute atomic E-state index is 12.4. The molecule has 0 spiro atoms. The van der Waals surface area contributed by atoms with Crippen molar-refractivity contribution in [3.05, 3.63) is 30.2 Å². The number of nitrogens with two attached hydrogens (primary N) is 1. The number of nitrogens with zero attached hydrogens (tertiary/aromatic N) is 2. The minimum atomic E-state index is -4.68. The molecule has 3 N–H and O–H groups in total. The van der Waals surface area contributed by atoms with Gasteiger partial charge in [-0.2, -0.15) is 18.2 Å². The molecule has 23 heavy (non-hydrogen) atoms. The number of carbonyl (C=O) groups excluding carboxylic acids is 1. The molecule has 0 saturated heterocycles. The molecule has 2 aromatic rings. The fourth-order valence-electron chi connectivity index (χ4n) is 1.74. The Morgan fingerprint density at radius 3 is 2.52 bits per heavy atom. The smallest absolute Gasteiger partial charge is 0.329 e. The third kappa shape index (κ3) is 4.78. The molecule has 0 aliphatic rings. The zero-order valence-corrected chi connectivity index (χ0v) is 12.2. The van der Waals surface area contributed by atoms with Crippen molar-refractivity contribution in [3.63, 3.8) is 0 Å². The van der Waals surface area contributed by atoms with Crippen LogP contribution in [0.2, 0.25) is 0 Å². The van der Waals surface area contributed by atoms with Crippen LogP contribution < -0.4 is 11.1 Å². The number of rotatable bonds is 5. The summed E-state index contributed by atoms with van der Waals surface area (Å²) in [5.41, 5.74) is 6.43. The van der Waals surface area contributed by atoms with E-state index in [4.69, 9.17) is 5.73 Å². The molecule has 2 rings (SSSR count). The second-order valence-corrected chi connectivity index (χ2v) is 5.06. The van der Waals surface area contributed by atoms with E-state index in [1.54, 1.807) is 12.1 Å². The fraction of sp³-hybridized carbons (Fsp3) is 0.357. The predicted molar refractivity (Wildman–Crippen MR) is 76.2 cm³/mol. The molecule has 0 saturated carbocycles. The molecular formula is C14H15F3N4O2. The highest BCUT2D eigenvalue weighted by Crippen LogP contribution is 2.29. The number of carbonyl (C=O) groups is 1. The molecule has 6 nitrogen and oxygen atoms in total. The summed E-state index contributed by atoms with van der Waals surface area (Å²) in [7, 11) is 0. The van der Waals surface area contributed by atoms with E-state index in [0.717, 1.165) is 0 Å². The Morgan fingerprint density at radius 2 is 2.00 bits per heavy atom. The Labute approximate surface area is 129 Å². The third-order valence-electron chi connectivity index (χ3n) is 2.92. The second kappa shape index (κ2) is 6.78. The zero-order valence-electron chi connectivity index (χ0n) is 12.2. The minimum absolute atomic E-state index is 0.0656. The van der Waals surface area contributed by atoms with Gasteiger partial charge in [0.25, 0.3) is 0 Å². The van der Waals surface area contributed by atoms with Crippen molar-refractivity contribution in [2.75, 3.05) is 5.32 Å². The number of anilines is 1. The number of benzene rings is 1. The lowest BCUT2D eigenvalue weighted by molar-refractivity contribution is -0.159. The molecule has 0 aliphatic heterocycles. The second-order valence-electron chi connectivity index (χ2n) is 5.06. The highest BCUT2D eigenvalue weighted by atomic mass is 19.4. The van der Waals surface area contributed by atoms with Gasteiger partial charge in [-0.25, -0.2) is 0 Å². The van der Waals surface area contributed by atoms with Crippen LogP contribution in [-0.4, -0.2) is 22.1 Å². The highest BCUT2D eigenvalue weighted by Gasteiger charge is 2.38. The maximum atomic E-state index is 12.4. The number of alkyl halides is 3. The van der Waals surface area contributed by atoms with Crippen molar-refractivity contribution in [3.8, 4) is 11.4 Å². The Kier molecular flexibility index (Phi) is 4.99. The van der Waals surface area contributed by atoms with Crippen LogP contribution in [0.3, 0.4) is 0 Å². The van der Waals surface area contributed by atoms with Gasteiger partial charge in [0, 0.05) is 23.7 Å². The molecule has 0 fully saturated rings.